The smallest absolute Gasteiger partial charge is 0.220 e. The van der Waals surface area contributed by atoms with E-state index in [0.29, 0.717) is 13.0 Å². The molecule has 4 N–H and O–H groups in total. The molecule has 0 aromatic heterocycles. The van der Waals surface area contributed by atoms with Gasteiger partial charge in [0.1, 0.15) is 0 Å². The van der Waals surface area contributed by atoms with E-state index in [1.165, 1.54) is 0 Å². The zero-order valence-corrected chi connectivity index (χ0v) is 10.7. The summed E-state index contributed by atoms with van der Waals surface area (Å²) in [6, 6.07) is 0. The van der Waals surface area contributed by atoms with Crippen molar-refractivity contribution in [1.82, 2.24) is 5.32 Å². The quantitative estimate of drug-likeness (QED) is 0.471. The van der Waals surface area contributed by atoms with E-state index in [9.17, 15) is 4.79 Å². The first kappa shape index (κ1) is 15.7. The fourth-order valence-corrected chi connectivity index (χ4v) is 2.01. The number of rotatable bonds is 11. The third-order valence-electron chi connectivity index (χ3n) is 2.12. The molecule has 0 aromatic rings. The van der Waals surface area contributed by atoms with Gasteiger partial charge in [0.2, 0.25) is 5.91 Å². The van der Waals surface area contributed by atoms with Gasteiger partial charge in [-0.2, -0.15) is 11.8 Å². The Hall–Kier alpha value is -0.260. The summed E-state index contributed by atoms with van der Waals surface area (Å²) in [4.78, 5) is 11.3. The molecule has 0 atom stereocenters. The molecule has 0 radical (unpaired) electrons. The van der Waals surface area contributed by atoms with Gasteiger partial charge in [-0.25, -0.2) is 0 Å². The van der Waals surface area contributed by atoms with Crippen LogP contribution in [0.1, 0.15) is 32.1 Å². The van der Waals surface area contributed by atoms with Gasteiger partial charge in [-0.15, -0.1) is 0 Å². The topological polar surface area (TPSA) is 75.4 Å². The van der Waals surface area contributed by atoms with E-state index >= 15 is 0 Å². The van der Waals surface area contributed by atoms with Gasteiger partial charge in [-0.1, -0.05) is 6.42 Å². The van der Waals surface area contributed by atoms with Gasteiger partial charge >= 0.3 is 0 Å². The minimum Gasteiger partial charge on any atom is -0.396 e. The number of hydrogen-bond acceptors (Lipinski definition) is 4. The number of nitrogens with two attached hydrogens (primary N) is 1. The van der Waals surface area contributed by atoms with Crippen molar-refractivity contribution < 1.29 is 9.90 Å². The molecule has 96 valence electrons. The molecule has 0 saturated carbocycles. The summed E-state index contributed by atoms with van der Waals surface area (Å²) in [6.07, 6.45) is 4.42. The van der Waals surface area contributed by atoms with E-state index in [0.717, 1.165) is 43.7 Å². The van der Waals surface area contributed by atoms with Crippen molar-refractivity contribution in [2.75, 3.05) is 31.2 Å². The fourth-order valence-electron chi connectivity index (χ4n) is 1.23. The molecule has 0 bridgehead atoms. The Bertz CT molecular complexity index is 168. The Morgan fingerprint density at radius 3 is 2.69 bits per heavy atom. The van der Waals surface area contributed by atoms with Crippen LogP contribution in [0, 0.1) is 0 Å². The molecule has 0 aromatic carbocycles. The number of hydrogen-bond donors (Lipinski definition) is 3. The highest BCUT2D eigenvalue weighted by molar-refractivity contribution is 7.99. The van der Waals surface area contributed by atoms with E-state index in [4.69, 9.17) is 10.8 Å². The van der Waals surface area contributed by atoms with Crippen LogP contribution in [0.4, 0.5) is 0 Å². The third-order valence-corrected chi connectivity index (χ3v) is 3.19. The zero-order chi connectivity index (χ0) is 12.1. The Kier molecular flexibility index (Phi) is 12.6. The van der Waals surface area contributed by atoms with Crippen LogP contribution in [-0.4, -0.2) is 42.2 Å². The largest absolute Gasteiger partial charge is 0.396 e. The highest BCUT2D eigenvalue weighted by Crippen LogP contribution is 2.01. The van der Waals surface area contributed by atoms with E-state index < -0.39 is 0 Å². The standard InChI is InChI=1S/C11H24N2O2S/c12-6-3-1-2-5-11(15)13-7-10-16-9-4-8-14/h14H,1-10,12H2,(H,13,15). The number of amides is 1. The SMILES string of the molecule is NCCCCCC(=O)NCCSCCCO. The van der Waals surface area contributed by atoms with Gasteiger partial charge in [0.15, 0.2) is 0 Å². The van der Waals surface area contributed by atoms with Crippen LogP contribution < -0.4 is 11.1 Å². The summed E-state index contributed by atoms with van der Waals surface area (Å²) in [6.45, 7) is 1.69. The minimum atomic E-state index is 0.139. The fraction of sp³-hybridized carbons (Fsp3) is 0.909. The van der Waals surface area contributed by atoms with Crippen molar-refractivity contribution in [3.05, 3.63) is 0 Å². The molecule has 5 heteroatoms. The van der Waals surface area contributed by atoms with Gasteiger partial charge in [0, 0.05) is 25.3 Å². The van der Waals surface area contributed by atoms with Crippen molar-refractivity contribution in [3.8, 4) is 0 Å². The summed E-state index contributed by atoms with van der Waals surface area (Å²) in [7, 11) is 0. The lowest BCUT2D eigenvalue weighted by Gasteiger charge is -2.04. The molecule has 0 rings (SSSR count). The molecule has 0 saturated heterocycles. The number of nitrogens with one attached hydrogen (secondary N) is 1. The van der Waals surface area contributed by atoms with Gasteiger partial charge in [-0.3, -0.25) is 4.79 Å². The second-order valence-corrected chi connectivity index (χ2v) is 4.86. The maximum Gasteiger partial charge on any atom is 0.220 e. The van der Waals surface area contributed by atoms with Gasteiger partial charge in [-0.05, 0) is 31.6 Å². The van der Waals surface area contributed by atoms with Crippen LogP contribution in [0.2, 0.25) is 0 Å². The lowest BCUT2D eigenvalue weighted by molar-refractivity contribution is -0.121. The molecule has 0 aliphatic carbocycles. The van der Waals surface area contributed by atoms with Crippen molar-refractivity contribution in [2.24, 2.45) is 5.73 Å². The highest BCUT2D eigenvalue weighted by Gasteiger charge is 1.99. The molecule has 0 heterocycles. The summed E-state index contributed by atoms with van der Waals surface area (Å²) in [5.74, 6) is 2.03. The molecule has 4 nitrogen and oxygen atoms in total. The predicted molar refractivity (Wildman–Crippen MR) is 69.6 cm³/mol. The first-order valence-electron chi connectivity index (χ1n) is 5.96. The third kappa shape index (κ3) is 11.8. The van der Waals surface area contributed by atoms with Crippen LogP contribution >= 0.6 is 11.8 Å². The number of aliphatic hydroxyl groups excluding tert-OH is 1. The van der Waals surface area contributed by atoms with Crippen molar-refractivity contribution in [3.63, 3.8) is 0 Å². The van der Waals surface area contributed by atoms with E-state index in [-0.39, 0.29) is 12.5 Å². The Labute approximate surface area is 102 Å². The maximum atomic E-state index is 11.3. The number of carbonyl (C=O) groups is 1. The maximum absolute atomic E-state index is 11.3. The van der Waals surface area contributed by atoms with Gasteiger partial charge < -0.3 is 16.2 Å². The van der Waals surface area contributed by atoms with E-state index in [2.05, 4.69) is 5.32 Å². The van der Waals surface area contributed by atoms with Crippen molar-refractivity contribution in [1.29, 1.82) is 0 Å². The second-order valence-electron chi connectivity index (χ2n) is 3.64. The summed E-state index contributed by atoms with van der Waals surface area (Å²) >= 11 is 1.76. The molecule has 0 fully saturated rings. The number of unbranched alkanes of at least 4 members (excludes halogenated alkanes) is 2. The van der Waals surface area contributed by atoms with E-state index in [1.807, 2.05) is 0 Å². The lowest BCUT2D eigenvalue weighted by atomic mass is 10.2. The Balaban J connectivity index is 3.11. The van der Waals surface area contributed by atoms with Crippen LogP contribution in [0.3, 0.4) is 0 Å². The van der Waals surface area contributed by atoms with Crippen molar-refractivity contribution >= 4 is 17.7 Å². The molecular weight excluding hydrogens is 224 g/mol. The molecule has 0 aliphatic heterocycles. The van der Waals surface area contributed by atoms with E-state index in [1.54, 1.807) is 11.8 Å². The van der Waals surface area contributed by atoms with Gasteiger partial charge in [0.25, 0.3) is 0 Å². The molecular formula is C11H24N2O2S. The number of carbonyl (C=O) groups excluding carboxylic acids is 1. The highest BCUT2D eigenvalue weighted by atomic mass is 32.2. The molecule has 16 heavy (non-hydrogen) atoms. The minimum absolute atomic E-state index is 0.139. The number of thioether (sulfide) groups is 1. The Morgan fingerprint density at radius 2 is 2.00 bits per heavy atom. The molecule has 0 aliphatic rings. The second kappa shape index (κ2) is 12.8. The predicted octanol–water partition coefficient (Wildman–Crippen LogP) is 0.737. The first-order valence-corrected chi connectivity index (χ1v) is 7.12. The van der Waals surface area contributed by atoms with Crippen LogP contribution in [-0.2, 0) is 4.79 Å². The lowest BCUT2D eigenvalue weighted by Crippen LogP contribution is -2.25. The average Bonchev–Trinajstić information content (AvgIpc) is 2.29. The van der Waals surface area contributed by atoms with Crippen LogP contribution in [0.15, 0.2) is 0 Å². The molecule has 0 unspecified atom stereocenters. The van der Waals surface area contributed by atoms with Crippen LogP contribution in [0.5, 0.6) is 0 Å². The first-order chi connectivity index (χ1) is 7.81. The monoisotopic (exact) mass is 248 g/mol. The average molecular weight is 248 g/mol. The van der Waals surface area contributed by atoms with Crippen LogP contribution in [0.25, 0.3) is 0 Å². The normalized spacial score (nSPS) is 10.4. The molecule has 1 amide bonds. The Morgan fingerprint density at radius 1 is 1.19 bits per heavy atom. The summed E-state index contributed by atoms with van der Waals surface area (Å²) < 4.78 is 0. The molecule has 0 spiro atoms. The van der Waals surface area contributed by atoms with Gasteiger partial charge in [0.05, 0.1) is 0 Å². The number of aliphatic hydroxyl groups is 1. The summed E-state index contributed by atoms with van der Waals surface area (Å²) in [5.41, 5.74) is 5.36. The zero-order valence-electron chi connectivity index (χ0n) is 9.91. The summed E-state index contributed by atoms with van der Waals surface area (Å²) in [5, 5.41) is 11.4. The van der Waals surface area contributed by atoms with Crippen molar-refractivity contribution in [2.45, 2.75) is 32.1 Å².